The molecule has 1 aromatic rings. The summed E-state index contributed by atoms with van der Waals surface area (Å²) in [5, 5.41) is 0. The first-order valence-corrected chi connectivity index (χ1v) is 6.85. The zero-order valence-electron chi connectivity index (χ0n) is 12.4. The zero-order chi connectivity index (χ0) is 19.9. The Labute approximate surface area is 139 Å². The van der Waals surface area contributed by atoms with Gasteiger partial charge in [-0.3, -0.25) is 0 Å². The van der Waals surface area contributed by atoms with Crippen LogP contribution in [0.1, 0.15) is 24.4 Å². The molecular formula is C13H10F9NO3. The van der Waals surface area contributed by atoms with E-state index in [1.807, 2.05) is 0 Å². The van der Waals surface area contributed by atoms with Gasteiger partial charge in [0.15, 0.2) is 11.5 Å². The molecule has 1 aliphatic carbocycles. The molecule has 0 bridgehead atoms. The summed E-state index contributed by atoms with van der Waals surface area (Å²) in [6, 6.07) is -0.122. The van der Waals surface area contributed by atoms with Gasteiger partial charge in [-0.15, -0.1) is 39.5 Å². The second-order valence-corrected chi connectivity index (χ2v) is 5.35. The monoisotopic (exact) mass is 399 g/mol. The number of hydrogen-bond acceptors (Lipinski definition) is 4. The molecule has 1 saturated carbocycles. The first-order chi connectivity index (χ1) is 11.6. The predicted octanol–water partition coefficient (Wildman–Crippen LogP) is 4.79. The number of alkyl halides is 9. The lowest BCUT2D eigenvalue weighted by atomic mass is 10.0. The summed E-state index contributed by atoms with van der Waals surface area (Å²) in [4.78, 5) is 0. The predicted molar refractivity (Wildman–Crippen MR) is 66.1 cm³/mol. The molecule has 2 N–H and O–H groups in total. The van der Waals surface area contributed by atoms with Crippen molar-refractivity contribution in [3.8, 4) is 17.2 Å². The van der Waals surface area contributed by atoms with E-state index >= 15 is 0 Å². The Morgan fingerprint density at radius 3 is 1.46 bits per heavy atom. The molecule has 1 unspecified atom stereocenters. The van der Waals surface area contributed by atoms with Gasteiger partial charge in [-0.2, -0.15) is 0 Å². The Balaban J connectivity index is 2.58. The van der Waals surface area contributed by atoms with E-state index in [0.29, 0.717) is 25.0 Å². The molecule has 1 atom stereocenters. The molecule has 1 aliphatic rings. The van der Waals surface area contributed by atoms with Gasteiger partial charge in [-0.1, -0.05) is 0 Å². The molecule has 1 fully saturated rings. The van der Waals surface area contributed by atoms with Crippen LogP contribution in [0.15, 0.2) is 12.1 Å². The van der Waals surface area contributed by atoms with E-state index < -0.39 is 42.4 Å². The average molecular weight is 399 g/mol. The summed E-state index contributed by atoms with van der Waals surface area (Å²) < 4.78 is 122. The van der Waals surface area contributed by atoms with Crippen LogP contribution in [-0.4, -0.2) is 19.1 Å². The highest BCUT2D eigenvalue weighted by atomic mass is 19.4. The number of halogens is 9. The maximum Gasteiger partial charge on any atom is 0.573 e. The average Bonchev–Trinajstić information content (AvgIpc) is 3.20. The minimum atomic E-state index is -5.60. The van der Waals surface area contributed by atoms with E-state index in [1.165, 1.54) is 0 Å². The summed E-state index contributed by atoms with van der Waals surface area (Å²) in [6.07, 6.45) is -15.5. The fourth-order valence-electron chi connectivity index (χ4n) is 2.13. The van der Waals surface area contributed by atoms with Crippen molar-refractivity contribution in [1.82, 2.24) is 0 Å². The molecule has 26 heavy (non-hydrogen) atoms. The summed E-state index contributed by atoms with van der Waals surface area (Å²) in [7, 11) is 0. The molecule has 0 spiro atoms. The molecular weight excluding hydrogens is 389 g/mol. The van der Waals surface area contributed by atoms with E-state index in [4.69, 9.17) is 5.73 Å². The lowest BCUT2D eigenvalue weighted by molar-refractivity contribution is -0.293. The topological polar surface area (TPSA) is 53.7 Å². The fourth-order valence-corrected chi connectivity index (χ4v) is 2.13. The van der Waals surface area contributed by atoms with Crippen LogP contribution in [0.2, 0.25) is 0 Å². The van der Waals surface area contributed by atoms with E-state index in [-0.39, 0.29) is 11.5 Å². The van der Waals surface area contributed by atoms with Gasteiger partial charge in [-0.25, -0.2) is 0 Å². The van der Waals surface area contributed by atoms with Gasteiger partial charge in [0.25, 0.3) is 0 Å². The van der Waals surface area contributed by atoms with Crippen molar-refractivity contribution in [3.05, 3.63) is 17.7 Å². The van der Waals surface area contributed by atoms with Crippen molar-refractivity contribution in [2.75, 3.05) is 0 Å². The maximum absolute atomic E-state index is 12.5. The zero-order valence-corrected chi connectivity index (χ0v) is 12.4. The molecule has 148 valence electrons. The Bertz CT molecular complexity index is 613. The van der Waals surface area contributed by atoms with E-state index in [2.05, 4.69) is 14.2 Å². The van der Waals surface area contributed by atoms with Crippen LogP contribution in [0.5, 0.6) is 17.2 Å². The minimum Gasteiger partial charge on any atom is -0.402 e. The minimum absolute atomic E-state index is 0.234. The lowest BCUT2D eigenvalue weighted by Gasteiger charge is -2.22. The van der Waals surface area contributed by atoms with Crippen LogP contribution in [0, 0.1) is 5.92 Å². The van der Waals surface area contributed by atoms with Crippen LogP contribution in [0.3, 0.4) is 0 Å². The SMILES string of the molecule is NC(c1cc(OC(F)(F)F)c(OC(F)(F)F)c(OC(F)(F)F)c1)C1CC1. The molecule has 0 aliphatic heterocycles. The van der Waals surface area contributed by atoms with Crippen molar-refractivity contribution in [3.63, 3.8) is 0 Å². The molecule has 1 aromatic carbocycles. The van der Waals surface area contributed by atoms with Crippen molar-refractivity contribution in [2.24, 2.45) is 11.7 Å². The van der Waals surface area contributed by atoms with E-state index in [1.54, 1.807) is 0 Å². The van der Waals surface area contributed by atoms with Crippen molar-refractivity contribution >= 4 is 0 Å². The van der Waals surface area contributed by atoms with Gasteiger partial charge in [0.2, 0.25) is 5.75 Å². The molecule has 0 amide bonds. The van der Waals surface area contributed by atoms with E-state index in [9.17, 15) is 39.5 Å². The Morgan fingerprint density at radius 1 is 0.769 bits per heavy atom. The summed E-state index contributed by atoms with van der Waals surface area (Å²) in [5.41, 5.74) is 5.39. The molecule has 0 saturated heterocycles. The van der Waals surface area contributed by atoms with Crippen LogP contribution in [0.4, 0.5) is 39.5 Å². The van der Waals surface area contributed by atoms with Crippen LogP contribution in [-0.2, 0) is 0 Å². The van der Waals surface area contributed by atoms with Gasteiger partial charge < -0.3 is 19.9 Å². The molecule has 4 nitrogen and oxygen atoms in total. The highest BCUT2D eigenvalue weighted by molar-refractivity contribution is 5.55. The normalized spacial score (nSPS) is 17.0. The van der Waals surface area contributed by atoms with Gasteiger partial charge in [0.1, 0.15) is 0 Å². The molecule has 0 aromatic heterocycles. The summed E-state index contributed by atoms with van der Waals surface area (Å²) in [5.74, 6) is -5.45. The number of hydrogen-bond donors (Lipinski definition) is 1. The second kappa shape index (κ2) is 6.59. The number of rotatable bonds is 5. The van der Waals surface area contributed by atoms with Gasteiger partial charge in [0, 0.05) is 6.04 Å². The van der Waals surface area contributed by atoms with Crippen molar-refractivity contribution in [1.29, 1.82) is 0 Å². The maximum atomic E-state index is 12.5. The number of nitrogens with two attached hydrogens (primary N) is 1. The van der Waals surface area contributed by atoms with Gasteiger partial charge in [0.05, 0.1) is 0 Å². The van der Waals surface area contributed by atoms with E-state index in [0.717, 1.165) is 0 Å². The molecule has 2 rings (SSSR count). The summed E-state index contributed by atoms with van der Waals surface area (Å²) >= 11 is 0. The van der Waals surface area contributed by atoms with Gasteiger partial charge in [-0.05, 0) is 36.5 Å². The quantitative estimate of drug-likeness (QED) is 0.724. The third kappa shape index (κ3) is 6.04. The molecule has 0 heterocycles. The van der Waals surface area contributed by atoms with Gasteiger partial charge >= 0.3 is 19.1 Å². The largest absolute Gasteiger partial charge is 0.573 e. The van der Waals surface area contributed by atoms with Crippen molar-refractivity contribution < 1.29 is 53.7 Å². The number of ether oxygens (including phenoxy) is 3. The molecule has 13 heteroatoms. The third-order valence-corrected chi connectivity index (χ3v) is 3.23. The fraction of sp³-hybridized carbons (Fsp3) is 0.538. The summed E-state index contributed by atoms with van der Waals surface area (Å²) in [6.45, 7) is 0. The standard InChI is InChI=1S/C13H10F9NO3/c14-11(15,16)24-7-3-6(9(23)5-1-2-5)4-8(25-12(17,18)19)10(7)26-13(20,21)22/h3-5,9H,1-2,23H2. The highest BCUT2D eigenvalue weighted by Crippen LogP contribution is 2.48. The van der Waals surface area contributed by atoms with Crippen LogP contribution >= 0.6 is 0 Å². The number of benzene rings is 1. The van der Waals surface area contributed by atoms with Crippen LogP contribution in [0.25, 0.3) is 0 Å². The van der Waals surface area contributed by atoms with Crippen LogP contribution < -0.4 is 19.9 Å². The first kappa shape index (κ1) is 20.3. The highest BCUT2D eigenvalue weighted by Gasteiger charge is 2.42. The lowest BCUT2D eigenvalue weighted by Crippen LogP contribution is -2.24. The van der Waals surface area contributed by atoms with Crippen molar-refractivity contribution in [2.45, 2.75) is 38.0 Å². The second-order valence-electron chi connectivity index (χ2n) is 5.35. The smallest absolute Gasteiger partial charge is 0.402 e. The third-order valence-electron chi connectivity index (χ3n) is 3.23. The first-order valence-electron chi connectivity index (χ1n) is 6.85. The Hall–Kier alpha value is -2.05. The Kier molecular flexibility index (Phi) is 5.14. The Morgan fingerprint density at radius 2 is 1.15 bits per heavy atom. The molecule has 0 radical (unpaired) electrons.